The van der Waals surface area contributed by atoms with Gasteiger partial charge in [-0.25, -0.2) is 13.2 Å². The Bertz CT molecular complexity index is 697. The molecule has 1 aliphatic carbocycles. The minimum Gasteiger partial charge on any atom is -0.334 e. The minimum atomic E-state index is -3.12. The molecule has 0 aromatic heterocycles. The van der Waals surface area contributed by atoms with Gasteiger partial charge >= 0.3 is 6.03 Å². The van der Waals surface area contributed by atoms with Crippen LogP contribution in [0.25, 0.3) is 0 Å². The molecule has 3 rings (SSSR count). The highest BCUT2D eigenvalue weighted by atomic mass is 32.2. The fraction of sp³-hybridized carbons (Fsp3) is 0.812. The molecule has 140 valence electrons. The lowest BCUT2D eigenvalue weighted by molar-refractivity contribution is -0.141. The maximum atomic E-state index is 12.9. The third-order valence-corrected chi connectivity index (χ3v) is 7.10. The Morgan fingerprint density at radius 1 is 1.20 bits per heavy atom. The van der Waals surface area contributed by atoms with Gasteiger partial charge in [0.15, 0.2) is 9.84 Å². The van der Waals surface area contributed by atoms with Crippen LogP contribution >= 0.6 is 0 Å². The van der Waals surface area contributed by atoms with Gasteiger partial charge in [-0.2, -0.15) is 0 Å². The molecule has 1 N–H and O–H groups in total. The topological polar surface area (TPSA) is 104 Å². The van der Waals surface area contributed by atoms with Crippen LogP contribution < -0.4 is 5.32 Å². The molecule has 0 unspecified atom stereocenters. The van der Waals surface area contributed by atoms with Gasteiger partial charge in [-0.3, -0.25) is 14.5 Å². The van der Waals surface area contributed by atoms with E-state index in [0.29, 0.717) is 6.42 Å². The number of sulfone groups is 1. The lowest BCUT2D eigenvalue weighted by atomic mass is 10.1. The van der Waals surface area contributed by atoms with Crippen molar-refractivity contribution in [2.45, 2.75) is 63.6 Å². The average molecular weight is 371 g/mol. The van der Waals surface area contributed by atoms with Gasteiger partial charge in [-0.15, -0.1) is 0 Å². The van der Waals surface area contributed by atoms with Gasteiger partial charge in [-0.1, -0.05) is 12.8 Å². The molecule has 8 nitrogen and oxygen atoms in total. The summed E-state index contributed by atoms with van der Waals surface area (Å²) in [7, 11) is -3.12. The molecule has 0 aromatic carbocycles. The Hall–Kier alpha value is -1.64. The Balaban J connectivity index is 1.78. The normalized spacial score (nSPS) is 28.4. The van der Waals surface area contributed by atoms with Crippen molar-refractivity contribution in [1.82, 2.24) is 15.1 Å². The molecule has 25 heavy (non-hydrogen) atoms. The molecular formula is C16H25N3O5S. The SMILES string of the molecule is CC1(C)NC(=O)N(CC(=O)N(C2CCCC2)[C@H]2CCS(=O)(=O)C2)C1=O. The van der Waals surface area contributed by atoms with E-state index < -0.39 is 27.3 Å². The molecular weight excluding hydrogens is 346 g/mol. The van der Waals surface area contributed by atoms with Crippen LogP contribution in [0.3, 0.4) is 0 Å². The van der Waals surface area contributed by atoms with E-state index in [-0.39, 0.29) is 36.0 Å². The molecule has 3 fully saturated rings. The van der Waals surface area contributed by atoms with Crippen molar-refractivity contribution in [3.63, 3.8) is 0 Å². The molecule has 2 heterocycles. The van der Waals surface area contributed by atoms with Crippen LogP contribution in [0.1, 0.15) is 46.0 Å². The van der Waals surface area contributed by atoms with Crippen LogP contribution in [0.4, 0.5) is 4.79 Å². The fourth-order valence-corrected chi connectivity index (χ4v) is 5.77. The van der Waals surface area contributed by atoms with E-state index in [0.717, 1.165) is 30.6 Å². The van der Waals surface area contributed by atoms with Crippen molar-refractivity contribution < 1.29 is 22.8 Å². The van der Waals surface area contributed by atoms with E-state index in [9.17, 15) is 22.8 Å². The first-order chi connectivity index (χ1) is 11.6. The van der Waals surface area contributed by atoms with E-state index >= 15 is 0 Å². The van der Waals surface area contributed by atoms with Crippen LogP contribution in [0.5, 0.6) is 0 Å². The van der Waals surface area contributed by atoms with Crippen LogP contribution in [0.15, 0.2) is 0 Å². The molecule has 0 aromatic rings. The molecule has 0 radical (unpaired) electrons. The third kappa shape index (κ3) is 3.51. The van der Waals surface area contributed by atoms with Gasteiger partial charge in [0.25, 0.3) is 5.91 Å². The first kappa shape index (κ1) is 18.2. The number of nitrogens with one attached hydrogen (secondary N) is 1. The smallest absolute Gasteiger partial charge is 0.325 e. The van der Waals surface area contributed by atoms with Crippen molar-refractivity contribution >= 4 is 27.7 Å². The number of carbonyl (C=O) groups excluding carboxylic acids is 3. The second kappa shape index (κ2) is 6.26. The highest BCUT2D eigenvalue weighted by Gasteiger charge is 2.47. The Morgan fingerprint density at radius 2 is 1.84 bits per heavy atom. The van der Waals surface area contributed by atoms with Crippen LogP contribution in [0.2, 0.25) is 0 Å². The number of urea groups is 1. The molecule has 1 atom stereocenters. The summed E-state index contributed by atoms with van der Waals surface area (Å²) in [6.45, 7) is 2.85. The monoisotopic (exact) mass is 371 g/mol. The summed E-state index contributed by atoms with van der Waals surface area (Å²) in [6.07, 6.45) is 4.12. The Morgan fingerprint density at radius 3 is 2.32 bits per heavy atom. The van der Waals surface area contributed by atoms with Crippen molar-refractivity contribution in [2.75, 3.05) is 18.1 Å². The largest absolute Gasteiger partial charge is 0.334 e. The zero-order valence-electron chi connectivity index (χ0n) is 14.7. The molecule has 9 heteroatoms. The van der Waals surface area contributed by atoms with E-state index in [1.165, 1.54) is 0 Å². The first-order valence-corrected chi connectivity index (χ1v) is 10.6. The van der Waals surface area contributed by atoms with Gasteiger partial charge in [0.2, 0.25) is 5.91 Å². The number of rotatable bonds is 4. The number of amides is 4. The minimum absolute atomic E-state index is 0.000392. The number of nitrogens with zero attached hydrogens (tertiary/aromatic N) is 2. The van der Waals surface area contributed by atoms with Crippen LogP contribution in [-0.2, 0) is 19.4 Å². The number of imide groups is 1. The summed E-state index contributed by atoms with van der Waals surface area (Å²) in [6, 6.07) is -0.928. The van der Waals surface area contributed by atoms with E-state index in [4.69, 9.17) is 0 Å². The molecule has 2 saturated heterocycles. The van der Waals surface area contributed by atoms with Crippen LogP contribution in [0, 0.1) is 0 Å². The van der Waals surface area contributed by atoms with Gasteiger partial charge in [-0.05, 0) is 33.1 Å². The predicted octanol–water partition coefficient (Wildman–Crippen LogP) is 0.275. The lowest BCUT2D eigenvalue weighted by Gasteiger charge is -2.35. The van der Waals surface area contributed by atoms with Gasteiger partial charge < -0.3 is 10.2 Å². The summed E-state index contributed by atoms with van der Waals surface area (Å²) < 4.78 is 23.7. The van der Waals surface area contributed by atoms with Crippen molar-refractivity contribution in [1.29, 1.82) is 0 Å². The summed E-state index contributed by atoms with van der Waals surface area (Å²) in [5.74, 6) is -0.711. The summed E-state index contributed by atoms with van der Waals surface area (Å²) in [5.41, 5.74) is -1.02. The summed E-state index contributed by atoms with van der Waals surface area (Å²) in [5, 5.41) is 2.56. The van der Waals surface area contributed by atoms with Crippen molar-refractivity contribution in [3.05, 3.63) is 0 Å². The standard InChI is InChI=1S/C16H25N3O5S/c1-16(2)14(21)18(15(22)17-16)9-13(20)19(11-5-3-4-6-11)12-7-8-25(23,24)10-12/h11-12H,3-10H2,1-2H3,(H,17,22)/t12-/m0/s1. The molecule has 3 aliphatic rings. The van der Waals surface area contributed by atoms with Crippen molar-refractivity contribution in [3.8, 4) is 0 Å². The van der Waals surface area contributed by atoms with E-state index in [1.54, 1.807) is 18.7 Å². The zero-order chi connectivity index (χ0) is 18.4. The Labute approximate surface area is 147 Å². The quantitative estimate of drug-likeness (QED) is 0.715. The second-order valence-electron chi connectivity index (χ2n) is 7.74. The molecule has 0 spiro atoms. The zero-order valence-corrected chi connectivity index (χ0v) is 15.5. The first-order valence-electron chi connectivity index (χ1n) is 8.76. The predicted molar refractivity (Wildman–Crippen MR) is 90.5 cm³/mol. The van der Waals surface area contributed by atoms with E-state index in [2.05, 4.69) is 5.32 Å². The maximum absolute atomic E-state index is 12.9. The molecule has 2 aliphatic heterocycles. The van der Waals surface area contributed by atoms with Crippen LogP contribution in [-0.4, -0.2) is 71.7 Å². The summed E-state index contributed by atoms with van der Waals surface area (Å²) >= 11 is 0. The number of hydrogen-bond acceptors (Lipinski definition) is 5. The Kier molecular flexibility index (Phi) is 4.55. The molecule has 0 bridgehead atoms. The van der Waals surface area contributed by atoms with Gasteiger partial charge in [0.1, 0.15) is 12.1 Å². The van der Waals surface area contributed by atoms with Crippen molar-refractivity contribution in [2.24, 2.45) is 0 Å². The summed E-state index contributed by atoms with van der Waals surface area (Å²) in [4.78, 5) is 39.9. The lowest BCUT2D eigenvalue weighted by Crippen LogP contribution is -2.51. The highest BCUT2D eigenvalue weighted by Crippen LogP contribution is 2.29. The average Bonchev–Trinajstić information content (AvgIpc) is 3.17. The van der Waals surface area contributed by atoms with Gasteiger partial charge in [0, 0.05) is 12.1 Å². The number of hydrogen-bond donors (Lipinski definition) is 1. The molecule has 1 saturated carbocycles. The number of carbonyl (C=O) groups is 3. The van der Waals surface area contributed by atoms with E-state index in [1.807, 2.05) is 0 Å². The molecule has 4 amide bonds. The highest BCUT2D eigenvalue weighted by molar-refractivity contribution is 7.91. The third-order valence-electron chi connectivity index (χ3n) is 5.35. The van der Waals surface area contributed by atoms with Gasteiger partial charge in [0.05, 0.1) is 11.5 Å². The fourth-order valence-electron chi connectivity index (χ4n) is 4.06. The second-order valence-corrected chi connectivity index (χ2v) is 9.97. The maximum Gasteiger partial charge on any atom is 0.325 e.